The van der Waals surface area contributed by atoms with Crippen molar-refractivity contribution in [3.05, 3.63) is 77.5 Å². The Morgan fingerprint density at radius 2 is 1.77 bits per heavy atom. The summed E-state index contributed by atoms with van der Waals surface area (Å²) >= 11 is 0. The Hall–Kier alpha value is -3.51. The first kappa shape index (κ1) is 28.0. The van der Waals surface area contributed by atoms with E-state index in [-0.39, 0.29) is 21.9 Å². The van der Waals surface area contributed by atoms with Crippen LogP contribution >= 0.6 is 0 Å². The average molecular weight is 567 g/mol. The van der Waals surface area contributed by atoms with Gasteiger partial charge < -0.3 is 24.8 Å². The molecule has 0 aliphatic carbocycles. The SMILES string of the molecule is CCc1ccc(S(=O)(=O)N[C@@H]2c3cc(C(=O)Nc4ccc(N5CCOCC5)cc4)cnc3OC(C)(C)[C@H]2O)cc1. The first-order valence-corrected chi connectivity index (χ1v) is 14.8. The quantitative estimate of drug-likeness (QED) is 0.397. The molecule has 2 aromatic carbocycles. The number of rotatable bonds is 7. The van der Waals surface area contributed by atoms with Crippen LogP contribution in [0.15, 0.2) is 65.7 Å². The molecular weight excluding hydrogens is 532 g/mol. The van der Waals surface area contributed by atoms with Crippen LogP contribution in [0.25, 0.3) is 0 Å². The van der Waals surface area contributed by atoms with E-state index in [2.05, 4.69) is 19.9 Å². The first-order chi connectivity index (χ1) is 19.1. The van der Waals surface area contributed by atoms with Crippen molar-refractivity contribution in [3.63, 3.8) is 0 Å². The molecule has 5 rings (SSSR count). The van der Waals surface area contributed by atoms with Crippen LogP contribution in [0.5, 0.6) is 5.88 Å². The largest absolute Gasteiger partial charge is 0.469 e. The Labute approximate surface area is 234 Å². The van der Waals surface area contributed by atoms with Gasteiger partial charge in [-0.25, -0.2) is 18.1 Å². The second-order valence-electron chi connectivity index (χ2n) is 10.5. The third-order valence-corrected chi connectivity index (χ3v) is 8.75. The highest BCUT2D eigenvalue weighted by Gasteiger charge is 2.45. The third-order valence-electron chi connectivity index (χ3n) is 7.29. The van der Waals surface area contributed by atoms with E-state index in [0.717, 1.165) is 30.8 Å². The Kier molecular flexibility index (Phi) is 7.83. The zero-order valence-electron chi connectivity index (χ0n) is 22.8. The molecule has 0 bridgehead atoms. The highest BCUT2D eigenvalue weighted by atomic mass is 32.2. The highest BCUT2D eigenvalue weighted by molar-refractivity contribution is 7.89. The molecule has 3 N–H and O–H groups in total. The van der Waals surface area contributed by atoms with Crippen molar-refractivity contribution in [2.75, 3.05) is 36.5 Å². The molecule has 2 atom stereocenters. The van der Waals surface area contributed by atoms with Gasteiger partial charge in [0.15, 0.2) is 0 Å². The number of hydrogen-bond donors (Lipinski definition) is 3. The maximum absolute atomic E-state index is 13.3. The molecule has 2 aliphatic heterocycles. The topological polar surface area (TPSA) is 130 Å². The van der Waals surface area contributed by atoms with Crippen molar-refractivity contribution in [2.24, 2.45) is 0 Å². The molecule has 11 heteroatoms. The zero-order valence-corrected chi connectivity index (χ0v) is 23.6. The Bertz CT molecular complexity index is 1470. The van der Waals surface area contributed by atoms with Crippen LogP contribution in [0.2, 0.25) is 0 Å². The molecule has 2 aliphatic rings. The molecule has 0 unspecified atom stereocenters. The average Bonchev–Trinajstić information content (AvgIpc) is 2.96. The van der Waals surface area contributed by atoms with Crippen molar-refractivity contribution in [2.45, 2.75) is 49.8 Å². The Balaban J connectivity index is 1.38. The zero-order chi connectivity index (χ0) is 28.5. The predicted octanol–water partition coefficient (Wildman–Crippen LogP) is 3.28. The third kappa shape index (κ3) is 5.83. The van der Waals surface area contributed by atoms with Gasteiger partial charge in [0.1, 0.15) is 11.7 Å². The van der Waals surface area contributed by atoms with Gasteiger partial charge in [0.05, 0.1) is 29.7 Å². The van der Waals surface area contributed by atoms with Crippen LogP contribution < -0.4 is 19.7 Å². The van der Waals surface area contributed by atoms with Gasteiger partial charge in [0.25, 0.3) is 5.91 Å². The van der Waals surface area contributed by atoms with E-state index in [4.69, 9.17) is 9.47 Å². The van der Waals surface area contributed by atoms with E-state index in [9.17, 15) is 18.3 Å². The van der Waals surface area contributed by atoms with Gasteiger partial charge in [0.2, 0.25) is 15.9 Å². The molecule has 1 fully saturated rings. The normalized spacial score (nSPS) is 20.4. The van der Waals surface area contributed by atoms with Gasteiger partial charge in [-0.05, 0) is 68.3 Å². The molecule has 40 heavy (non-hydrogen) atoms. The van der Waals surface area contributed by atoms with E-state index >= 15 is 0 Å². The van der Waals surface area contributed by atoms with Crippen LogP contribution in [0, 0.1) is 0 Å². The van der Waals surface area contributed by atoms with Gasteiger partial charge in [0, 0.05) is 36.2 Å². The number of morpholine rings is 1. The number of benzene rings is 2. The first-order valence-electron chi connectivity index (χ1n) is 13.3. The number of nitrogens with zero attached hydrogens (tertiary/aromatic N) is 2. The van der Waals surface area contributed by atoms with E-state index < -0.39 is 33.7 Å². The monoisotopic (exact) mass is 566 g/mol. The van der Waals surface area contributed by atoms with Crippen LogP contribution in [-0.4, -0.2) is 62.4 Å². The smallest absolute Gasteiger partial charge is 0.257 e. The van der Waals surface area contributed by atoms with Crippen molar-refractivity contribution < 1.29 is 27.8 Å². The molecule has 0 radical (unpaired) electrons. The van der Waals surface area contributed by atoms with Crippen molar-refractivity contribution in [3.8, 4) is 5.88 Å². The minimum atomic E-state index is -4.01. The fraction of sp³-hybridized carbons (Fsp3) is 0.379. The number of hydrogen-bond acceptors (Lipinski definition) is 8. The number of aromatic nitrogens is 1. The lowest BCUT2D eigenvalue weighted by molar-refractivity contribution is -0.0632. The van der Waals surface area contributed by atoms with E-state index in [1.165, 1.54) is 24.4 Å². The predicted molar refractivity (Wildman–Crippen MR) is 151 cm³/mol. The number of aliphatic hydroxyl groups excluding tert-OH is 1. The number of carbonyl (C=O) groups is 1. The second-order valence-corrected chi connectivity index (χ2v) is 12.2. The molecule has 10 nitrogen and oxygen atoms in total. The molecule has 0 spiro atoms. The second kappa shape index (κ2) is 11.2. The summed E-state index contributed by atoms with van der Waals surface area (Å²) in [5, 5.41) is 14.0. The minimum absolute atomic E-state index is 0.0742. The molecule has 1 aromatic heterocycles. The number of amides is 1. The molecule has 0 saturated carbocycles. The number of carbonyl (C=O) groups excluding carboxylic acids is 1. The van der Waals surface area contributed by atoms with E-state index in [0.29, 0.717) is 18.9 Å². The minimum Gasteiger partial charge on any atom is -0.469 e. The molecule has 3 heterocycles. The number of fused-ring (bicyclic) bond motifs is 1. The van der Waals surface area contributed by atoms with Crippen molar-refractivity contribution in [1.82, 2.24) is 9.71 Å². The molecule has 1 saturated heterocycles. The van der Waals surface area contributed by atoms with Crippen LogP contribution in [0.1, 0.15) is 48.3 Å². The van der Waals surface area contributed by atoms with Crippen LogP contribution in [0.3, 0.4) is 0 Å². The number of sulfonamides is 1. The summed E-state index contributed by atoms with van der Waals surface area (Å²) in [6.45, 7) is 8.28. The highest BCUT2D eigenvalue weighted by Crippen LogP contribution is 2.39. The summed E-state index contributed by atoms with van der Waals surface area (Å²) in [5.41, 5.74) is 1.99. The lowest BCUT2D eigenvalue weighted by atomic mass is 9.88. The lowest BCUT2D eigenvalue weighted by Crippen LogP contribution is -2.53. The number of aliphatic hydroxyl groups is 1. The number of ether oxygens (including phenoxy) is 2. The number of anilines is 2. The summed E-state index contributed by atoms with van der Waals surface area (Å²) in [6.07, 6.45) is 0.902. The molecule has 3 aromatic rings. The van der Waals surface area contributed by atoms with E-state index in [1.807, 2.05) is 31.2 Å². The maximum atomic E-state index is 13.3. The number of nitrogens with one attached hydrogen (secondary N) is 2. The summed E-state index contributed by atoms with van der Waals surface area (Å²) < 4.78 is 40.5. The molecule has 1 amide bonds. The molecule has 212 valence electrons. The van der Waals surface area contributed by atoms with Gasteiger partial charge in [-0.2, -0.15) is 0 Å². The van der Waals surface area contributed by atoms with Crippen LogP contribution in [0.4, 0.5) is 11.4 Å². The maximum Gasteiger partial charge on any atom is 0.257 e. The van der Waals surface area contributed by atoms with Crippen LogP contribution in [-0.2, 0) is 21.2 Å². The lowest BCUT2D eigenvalue weighted by Gasteiger charge is -2.41. The van der Waals surface area contributed by atoms with Gasteiger partial charge in [-0.3, -0.25) is 4.79 Å². The molecular formula is C29H34N4O6S. The van der Waals surface area contributed by atoms with Gasteiger partial charge in [-0.1, -0.05) is 19.1 Å². The summed E-state index contributed by atoms with van der Waals surface area (Å²) in [7, 11) is -4.01. The number of aryl methyl sites for hydroxylation is 1. The Morgan fingerprint density at radius 3 is 2.42 bits per heavy atom. The van der Waals surface area contributed by atoms with Crippen molar-refractivity contribution in [1.29, 1.82) is 0 Å². The summed E-state index contributed by atoms with van der Waals surface area (Å²) in [4.78, 5) is 19.8. The van der Waals surface area contributed by atoms with Crippen molar-refractivity contribution >= 4 is 27.3 Å². The Morgan fingerprint density at radius 1 is 1.10 bits per heavy atom. The standard InChI is InChI=1S/C29H34N4O6S/c1-4-19-5-11-23(12-6-19)40(36,37)32-25-24-17-20(18-30-28(24)39-29(2,3)26(25)34)27(35)31-21-7-9-22(10-8-21)33-13-15-38-16-14-33/h5-12,17-18,25-26,32,34H,4,13-16H2,1-3H3,(H,31,35)/t25-,26+/m1/s1. The fourth-order valence-electron chi connectivity index (χ4n) is 4.83. The number of pyridine rings is 1. The van der Waals surface area contributed by atoms with Gasteiger partial charge >= 0.3 is 0 Å². The van der Waals surface area contributed by atoms with Gasteiger partial charge in [-0.15, -0.1) is 0 Å². The van der Waals surface area contributed by atoms with E-state index in [1.54, 1.807) is 26.0 Å². The summed E-state index contributed by atoms with van der Waals surface area (Å²) in [6, 6.07) is 14.5. The fourth-order valence-corrected chi connectivity index (χ4v) is 6.05. The summed E-state index contributed by atoms with van der Waals surface area (Å²) in [5.74, 6) is -0.277.